The van der Waals surface area contributed by atoms with Gasteiger partial charge in [-0.05, 0) is 23.8 Å². The van der Waals surface area contributed by atoms with Crippen LogP contribution in [0, 0.1) is 10.1 Å². The number of carbonyl (C=O) groups excluding carboxylic acids is 2. The molecule has 3 aromatic rings. The zero-order valence-corrected chi connectivity index (χ0v) is 18.1. The van der Waals surface area contributed by atoms with Crippen LogP contribution in [0.15, 0.2) is 77.7 Å². The Morgan fingerprint density at radius 2 is 1.78 bits per heavy atom. The van der Waals surface area contributed by atoms with Crippen molar-refractivity contribution >= 4 is 35.0 Å². The molecule has 1 atom stereocenters. The first-order valence-corrected chi connectivity index (χ1v) is 10.8. The number of nitro groups is 1. The Bertz CT molecular complexity index is 1200. The van der Waals surface area contributed by atoms with Crippen molar-refractivity contribution in [1.82, 2.24) is 0 Å². The number of anilines is 1. The molecule has 1 aliphatic rings. The van der Waals surface area contributed by atoms with Crippen LogP contribution in [0.1, 0.15) is 33.2 Å². The number of methoxy groups -OCH3 is 1. The average Bonchev–Trinajstić information content (AvgIpc) is 2.95. The van der Waals surface area contributed by atoms with Crippen LogP contribution in [-0.4, -0.2) is 23.9 Å². The number of esters is 1. The summed E-state index contributed by atoms with van der Waals surface area (Å²) in [5, 5.41) is 11.2. The van der Waals surface area contributed by atoms with Crippen molar-refractivity contribution in [2.75, 3.05) is 12.0 Å². The number of nitrogens with zero attached hydrogens (tertiary/aromatic N) is 2. The zero-order chi connectivity index (χ0) is 22.7. The van der Waals surface area contributed by atoms with E-state index in [2.05, 4.69) is 0 Å². The lowest BCUT2D eigenvalue weighted by atomic mass is 10.0. The lowest BCUT2D eigenvalue weighted by Gasteiger charge is -2.22. The van der Waals surface area contributed by atoms with Crippen LogP contribution in [0.5, 0.6) is 0 Å². The van der Waals surface area contributed by atoms with E-state index >= 15 is 0 Å². The van der Waals surface area contributed by atoms with Gasteiger partial charge in [-0.25, -0.2) is 4.79 Å². The average molecular weight is 449 g/mol. The summed E-state index contributed by atoms with van der Waals surface area (Å²) in [6.07, 6.45) is 0.133. The van der Waals surface area contributed by atoms with Gasteiger partial charge in [0.25, 0.3) is 5.69 Å². The number of para-hydroxylation sites is 2. The predicted octanol–water partition coefficient (Wildman–Crippen LogP) is 5.15. The Morgan fingerprint density at radius 3 is 2.56 bits per heavy atom. The van der Waals surface area contributed by atoms with Crippen LogP contribution in [0.3, 0.4) is 0 Å². The number of nitro benzene ring substituents is 1. The number of hydrogen-bond acceptors (Lipinski definition) is 6. The maximum Gasteiger partial charge on any atom is 0.338 e. The molecule has 162 valence electrons. The molecule has 0 aromatic heterocycles. The van der Waals surface area contributed by atoms with Crippen LogP contribution in [-0.2, 0) is 16.1 Å². The van der Waals surface area contributed by atoms with Gasteiger partial charge in [0.2, 0.25) is 5.91 Å². The first kappa shape index (κ1) is 21.6. The molecule has 0 radical (unpaired) electrons. The lowest BCUT2D eigenvalue weighted by molar-refractivity contribution is -0.385. The number of amides is 1. The molecule has 3 aromatic carbocycles. The molecule has 0 N–H and O–H groups in total. The van der Waals surface area contributed by atoms with E-state index in [1.54, 1.807) is 35.2 Å². The minimum Gasteiger partial charge on any atom is -0.465 e. The third-order valence-corrected chi connectivity index (χ3v) is 6.62. The fourth-order valence-electron chi connectivity index (χ4n) is 3.79. The van der Waals surface area contributed by atoms with E-state index in [0.717, 1.165) is 10.5 Å². The fraction of sp³-hybridized carbons (Fsp3) is 0.167. The standard InChI is InChI=1S/C24H20N2O5S/c1-31-24(28)18-10-4-3-9-17(18)22-14-23(27)25(20-12-6-7-13-21(20)32-22)15-16-8-2-5-11-19(16)26(29)30/h2-13,22H,14-15H2,1H3. The summed E-state index contributed by atoms with van der Waals surface area (Å²) in [6.45, 7) is 0.0823. The van der Waals surface area contributed by atoms with Crippen LogP contribution < -0.4 is 4.90 Å². The first-order valence-electron chi connectivity index (χ1n) is 9.95. The van der Waals surface area contributed by atoms with Crippen LogP contribution in [0.2, 0.25) is 0 Å². The third kappa shape index (κ3) is 4.22. The number of ether oxygens (including phenoxy) is 1. The van der Waals surface area contributed by atoms with Gasteiger partial charge < -0.3 is 9.64 Å². The van der Waals surface area contributed by atoms with Gasteiger partial charge >= 0.3 is 5.97 Å². The molecule has 1 heterocycles. The largest absolute Gasteiger partial charge is 0.465 e. The summed E-state index contributed by atoms with van der Waals surface area (Å²) in [5.41, 5.74) is 2.27. The van der Waals surface area contributed by atoms with Crippen molar-refractivity contribution in [1.29, 1.82) is 0 Å². The number of benzene rings is 3. The summed E-state index contributed by atoms with van der Waals surface area (Å²) in [6, 6.07) is 21.0. The maximum absolute atomic E-state index is 13.4. The van der Waals surface area contributed by atoms with Crippen molar-refractivity contribution in [3.05, 3.63) is 99.6 Å². The normalized spacial score (nSPS) is 15.6. The lowest BCUT2D eigenvalue weighted by Crippen LogP contribution is -2.30. The maximum atomic E-state index is 13.4. The van der Waals surface area contributed by atoms with Gasteiger partial charge in [-0.2, -0.15) is 0 Å². The minimum absolute atomic E-state index is 0.0257. The minimum atomic E-state index is -0.456. The molecule has 8 heteroatoms. The molecule has 0 fully saturated rings. The summed E-state index contributed by atoms with van der Waals surface area (Å²) in [5.74, 6) is -0.631. The molecule has 4 rings (SSSR count). The van der Waals surface area contributed by atoms with E-state index in [9.17, 15) is 19.7 Å². The van der Waals surface area contributed by atoms with Crippen LogP contribution in [0.4, 0.5) is 11.4 Å². The summed E-state index contributed by atoms with van der Waals surface area (Å²) >= 11 is 1.50. The van der Waals surface area contributed by atoms with Crippen LogP contribution in [0.25, 0.3) is 0 Å². The van der Waals surface area contributed by atoms with Crippen molar-refractivity contribution < 1.29 is 19.2 Å². The second-order valence-electron chi connectivity index (χ2n) is 7.22. The highest BCUT2D eigenvalue weighted by Gasteiger charge is 2.32. The zero-order valence-electron chi connectivity index (χ0n) is 17.3. The van der Waals surface area contributed by atoms with Gasteiger partial charge in [0.05, 0.1) is 29.8 Å². The SMILES string of the molecule is COC(=O)c1ccccc1C1CC(=O)N(Cc2ccccc2[N+](=O)[O-])c2ccccc2S1. The smallest absolute Gasteiger partial charge is 0.338 e. The Morgan fingerprint density at radius 1 is 1.09 bits per heavy atom. The van der Waals surface area contributed by atoms with E-state index in [0.29, 0.717) is 16.8 Å². The second kappa shape index (κ2) is 9.23. The van der Waals surface area contributed by atoms with Crippen molar-refractivity contribution in [3.63, 3.8) is 0 Å². The number of hydrogen-bond donors (Lipinski definition) is 0. The van der Waals surface area contributed by atoms with Crippen molar-refractivity contribution in [2.24, 2.45) is 0 Å². The monoisotopic (exact) mass is 448 g/mol. The molecule has 0 spiro atoms. The van der Waals surface area contributed by atoms with E-state index in [1.165, 1.54) is 24.9 Å². The summed E-state index contributed by atoms with van der Waals surface area (Å²) in [4.78, 5) is 39.2. The highest BCUT2D eigenvalue weighted by Crippen LogP contribution is 2.46. The Balaban J connectivity index is 1.75. The highest BCUT2D eigenvalue weighted by molar-refractivity contribution is 7.99. The molecule has 1 unspecified atom stereocenters. The molecule has 0 saturated heterocycles. The number of fused-ring (bicyclic) bond motifs is 1. The number of carbonyl (C=O) groups is 2. The molecular formula is C24H20N2O5S. The quantitative estimate of drug-likeness (QED) is 0.305. The van der Waals surface area contributed by atoms with Gasteiger partial charge in [-0.1, -0.05) is 48.5 Å². The predicted molar refractivity (Wildman–Crippen MR) is 122 cm³/mol. The Kier molecular flexibility index (Phi) is 6.23. The molecule has 0 bridgehead atoms. The van der Waals surface area contributed by atoms with Gasteiger partial charge in [-0.15, -0.1) is 11.8 Å². The third-order valence-electron chi connectivity index (χ3n) is 5.32. The van der Waals surface area contributed by atoms with Crippen LogP contribution >= 0.6 is 11.8 Å². The molecule has 0 aliphatic carbocycles. The molecule has 1 aliphatic heterocycles. The van der Waals surface area contributed by atoms with Crippen molar-refractivity contribution in [2.45, 2.75) is 23.1 Å². The molecule has 0 saturated carbocycles. The van der Waals surface area contributed by atoms with Gasteiger partial charge in [0.15, 0.2) is 0 Å². The van der Waals surface area contributed by atoms with E-state index < -0.39 is 10.9 Å². The molecule has 32 heavy (non-hydrogen) atoms. The summed E-state index contributed by atoms with van der Waals surface area (Å²) < 4.78 is 4.92. The van der Waals surface area contributed by atoms with Gasteiger partial charge in [0.1, 0.15) is 0 Å². The van der Waals surface area contributed by atoms with Gasteiger partial charge in [0, 0.05) is 28.2 Å². The van der Waals surface area contributed by atoms with E-state index in [-0.39, 0.29) is 29.8 Å². The topological polar surface area (TPSA) is 89.8 Å². The Labute approximate surface area is 189 Å². The second-order valence-corrected chi connectivity index (χ2v) is 8.47. The fourth-order valence-corrected chi connectivity index (χ4v) is 5.11. The number of rotatable bonds is 5. The number of thioether (sulfide) groups is 1. The molecular weight excluding hydrogens is 428 g/mol. The highest BCUT2D eigenvalue weighted by atomic mass is 32.2. The first-order chi connectivity index (χ1) is 15.5. The Hall–Kier alpha value is -3.65. The van der Waals surface area contributed by atoms with Gasteiger partial charge in [-0.3, -0.25) is 14.9 Å². The summed E-state index contributed by atoms with van der Waals surface area (Å²) in [7, 11) is 1.33. The van der Waals surface area contributed by atoms with E-state index in [1.807, 2.05) is 36.4 Å². The van der Waals surface area contributed by atoms with E-state index in [4.69, 9.17) is 4.74 Å². The molecule has 7 nitrogen and oxygen atoms in total. The van der Waals surface area contributed by atoms with Crippen molar-refractivity contribution in [3.8, 4) is 0 Å². The molecule has 1 amide bonds.